The Bertz CT molecular complexity index is 481. The van der Waals surface area contributed by atoms with Crippen molar-refractivity contribution < 1.29 is 9.59 Å². The minimum Gasteiger partial charge on any atom is -0.354 e. The summed E-state index contributed by atoms with van der Waals surface area (Å²) in [6.45, 7) is 0.499. The van der Waals surface area contributed by atoms with Crippen LogP contribution < -0.4 is 10.6 Å². The molecule has 1 aliphatic rings. The van der Waals surface area contributed by atoms with Crippen LogP contribution in [0.1, 0.15) is 23.2 Å². The Hall–Kier alpha value is -0.880. The van der Waals surface area contributed by atoms with Crippen molar-refractivity contribution in [2.45, 2.75) is 18.9 Å². The Morgan fingerprint density at radius 2 is 2.17 bits per heavy atom. The third-order valence-corrected chi connectivity index (χ3v) is 3.93. The predicted molar refractivity (Wildman–Crippen MR) is 75.3 cm³/mol. The molecular formula is C12H12Br2N2O2. The molecule has 0 aromatic heterocycles. The van der Waals surface area contributed by atoms with Gasteiger partial charge in [-0.05, 0) is 40.5 Å². The van der Waals surface area contributed by atoms with Gasteiger partial charge >= 0.3 is 0 Å². The van der Waals surface area contributed by atoms with Crippen molar-refractivity contribution in [2.75, 3.05) is 6.54 Å². The van der Waals surface area contributed by atoms with E-state index in [1.54, 1.807) is 6.07 Å². The van der Waals surface area contributed by atoms with Gasteiger partial charge < -0.3 is 10.6 Å². The summed E-state index contributed by atoms with van der Waals surface area (Å²) in [5.41, 5.74) is 0.593. The van der Waals surface area contributed by atoms with Crippen LogP contribution in [0.15, 0.2) is 27.1 Å². The maximum atomic E-state index is 12.1. The molecule has 1 fully saturated rings. The van der Waals surface area contributed by atoms with E-state index < -0.39 is 0 Å². The van der Waals surface area contributed by atoms with Gasteiger partial charge in [0.25, 0.3) is 5.91 Å². The first-order valence-electron chi connectivity index (χ1n) is 5.59. The molecule has 0 spiro atoms. The minimum atomic E-state index is -0.129. The highest BCUT2D eigenvalue weighted by atomic mass is 79.9. The van der Waals surface area contributed by atoms with E-state index >= 15 is 0 Å². The molecule has 4 nitrogen and oxygen atoms in total. The molecule has 0 saturated carbocycles. The van der Waals surface area contributed by atoms with Crippen LogP contribution in [0.25, 0.3) is 0 Å². The lowest BCUT2D eigenvalue weighted by Crippen LogP contribution is -2.47. The van der Waals surface area contributed by atoms with Gasteiger partial charge in [-0.2, -0.15) is 0 Å². The van der Waals surface area contributed by atoms with Gasteiger partial charge in [0.1, 0.15) is 0 Å². The molecule has 1 unspecified atom stereocenters. The van der Waals surface area contributed by atoms with E-state index in [0.717, 1.165) is 8.95 Å². The van der Waals surface area contributed by atoms with Crippen LogP contribution in [0.3, 0.4) is 0 Å². The normalized spacial score (nSPS) is 19.2. The van der Waals surface area contributed by atoms with Crippen molar-refractivity contribution >= 4 is 43.7 Å². The fraction of sp³-hybridized carbons (Fsp3) is 0.333. The molecule has 1 heterocycles. The van der Waals surface area contributed by atoms with Crippen molar-refractivity contribution in [2.24, 2.45) is 0 Å². The van der Waals surface area contributed by atoms with Gasteiger partial charge in [-0.1, -0.05) is 15.9 Å². The van der Waals surface area contributed by atoms with Crippen LogP contribution in [0.4, 0.5) is 0 Å². The summed E-state index contributed by atoms with van der Waals surface area (Å²) in [7, 11) is 0. The Labute approximate surface area is 122 Å². The SMILES string of the molecule is O=C1CCC(NC(=O)c2ccc(Br)cc2Br)CN1. The smallest absolute Gasteiger partial charge is 0.252 e. The summed E-state index contributed by atoms with van der Waals surface area (Å²) in [6, 6.07) is 5.41. The third kappa shape index (κ3) is 3.32. The number of nitrogens with one attached hydrogen (secondary N) is 2. The van der Waals surface area contributed by atoms with E-state index in [4.69, 9.17) is 0 Å². The lowest BCUT2D eigenvalue weighted by atomic mass is 10.1. The molecule has 96 valence electrons. The van der Waals surface area contributed by atoms with Gasteiger partial charge in [-0.25, -0.2) is 0 Å². The van der Waals surface area contributed by atoms with Gasteiger partial charge in [0.2, 0.25) is 5.91 Å². The summed E-state index contributed by atoms with van der Waals surface area (Å²) >= 11 is 6.70. The summed E-state index contributed by atoms with van der Waals surface area (Å²) in [5, 5.41) is 5.66. The van der Waals surface area contributed by atoms with Crippen molar-refractivity contribution in [3.63, 3.8) is 0 Å². The largest absolute Gasteiger partial charge is 0.354 e. The molecule has 2 amide bonds. The standard InChI is InChI=1S/C12H12Br2N2O2/c13-7-1-3-9(10(14)5-7)12(18)16-8-2-4-11(17)15-6-8/h1,3,5,8H,2,4,6H2,(H,15,17)(H,16,18). The summed E-state index contributed by atoms with van der Waals surface area (Å²) < 4.78 is 1.66. The monoisotopic (exact) mass is 374 g/mol. The first kappa shape index (κ1) is 13.5. The summed E-state index contributed by atoms with van der Waals surface area (Å²) in [5.74, 6) is -0.0826. The fourth-order valence-electron chi connectivity index (χ4n) is 1.79. The van der Waals surface area contributed by atoms with Gasteiger partial charge in [0.05, 0.1) is 5.56 Å². The highest BCUT2D eigenvalue weighted by molar-refractivity contribution is 9.11. The second-order valence-electron chi connectivity index (χ2n) is 4.14. The highest BCUT2D eigenvalue weighted by Gasteiger charge is 2.20. The van der Waals surface area contributed by atoms with Crippen molar-refractivity contribution in [3.05, 3.63) is 32.7 Å². The summed E-state index contributed by atoms with van der Waals surface area (Å²) in [4.78, 5) is 23.1. The molecule has 1 aromatic rings. The Morgan fingerprint density at radius 1 is 1.39 bits per heavy atom. The molecular weight excluding hydrogens is 364 g/mol. The van der Waals surface area contributed by atoms with Gasteiger partial charge in [-0.3, -0.25) is 9.59 Å². The number of amides is 2. The van der Waals surface area contributed by atoms with E-state index in [0.29, 0.717) is 24.9 Å². The molecule has 2 N–H and O–H groups in total. The van der Waals surface area contributed by atoms with E-state index in [1.165, 1.54) is 0 Å². The first-order chi connectivity index (χ1) is 8.56. The average molecular weight is 376 g/mol. The number of piperidine rings is 1. The fourth-order valence-corrected chi connectivity index (χ4v) is 3.02. The molecule has 18 heavy (non-hydrogen) atoms. The van der Waals surface area contributed by atoms with E-state index in [2.05, 4.69) is 42.5 Å². The third-order valence-electron chi connectivity index (χ3n) is 2.78. The molecule has 1 aliphatic heterocycles. The number of carbonyl (C=O) groups excluding carboxylic acids is 2. The van der Waals surface area contributed by atoms with Gasteiger partial charge in [0.15, 0.2) is 0 Å². The molecule has 2 rings (SSSR count). The minimum absolute atomic E-state index is 0.00532. The number of hydrogen-bond donors (Lipinski definition) is 2. The zero-order valence-corrected chi connectivity index (χ0v) is 12.7. The zero-order valence-electron chi connectivity index (χ0n) is 9.50. The van der Waals surface area contributed by atoms with Crippen LogP contribution >= 0.6 is 31.9 Å². The van der Waals surface area contributed by atoms with Crippen LogP contribution in [0.2, 0.25) is 0 Å². The maximum absolute atomic E-state index is 12.1. The molecule has 1 aromatic carbocycles. The van der Waals surface area contributed by atoms with Gasteiger partial charge in [0, 0.05) is 28.0 Å². The molecule has 6 heteroatoms. The topological polar surface area (TPSA) is 58.2 Å². The molecule has 0 aliphatic carbocycles. The van der Waals surface area contributed by atoms with Crippen LogP contribution in [0.5, 0.6) is 0 Å². The van der Waals surface area contributed by atoms with Crippen LogP contribution in [-0.4, -0.2) is 24.4 Å². The van der Waals surface area contributed by atoms with Crippen LogP contribution in [-0.2, 0) is 4.79 Å². The zero-order chi connectivity index (χ0) is 13.1. The van der Waals surface area contributed by atoms with Crippen molar-refractivity contribution in [1.29, 1.82) is 0 Å². The first-order valence-corrected chi connectivity index (χ1v) is 7.17. The molecule has 0 radical (unpaired) electrons. The highest BCUT2D eigenvalue weighted by Crippen LogP contribution is 2.22. The number of hydrogen-bond acceptors (Lipinski definition) is 2. The number of benzene rings is 1. The van der Waals surface area contributed by atoms with Crippen molar-refractivity contribution in [1.82, 2.24) is 10.6 Å². The second-order valence-corrected chi connectivity index (χ2v) is 5.91. The second kappa shape index (κ2) is 5.84. The van der Waals surface area contributed by atoms with Crippen LogP contribution in [0, 0.1) is 0 Å². The van der Waals surface area contributed by atoms with E-state index in [9.17, 15) is 9.59 Å². The van der Waals surface area contributed by atoms with Crippen molar-refractivity contribution in [3.8, 4) is 0 Å². The number of rotatable bonds is 2. The Balaban J connectivity index is 2.01. The maximum Gasteiger partial charge on any atom is 0.252 e. The molecule has 0 bridgehead atoms. The number of carbonyl (C=O) groups is 2. The lowest BCUT2D eigenvalue weighted by molar-refractivity contribution is -0.122. The molecule has 1 saturated heterocycles. The average Bonchev–Trinajstić information content (AvgIpc) is 2.32. The quantitative estimate of drug-likeness (QED) is 0.832. The lowest BCUT2D eigenvalue weighted by Gasteiger charge is -2.23. The molecule has 1 atom stereocenters. The Kier molecular flexibility index (Phi) is 4.40. The Morgan fingerprint density at radius 3 is 2.78 bits per heavy atom. The summed E-state index contributed by atoms with van der Waals surface area (Å²) in [6.07, 6.45) is 1.15. The van der Waals surface area contributed by atoms with E-state index in [-0.39, 0.29) is 17.9 Å². The van der Waals surface area contributed by atoms with E-state index in [1.807, 2.05) is 12.1 Å². The number of halogens is 2. The van der Waals surface area contributed by atoms with Gasteiger partial charge in [-0.15, -0.1) is 0 Å². The predicted octanol–water partition coefficient (Wildman–Crippen LogP) is 2.22.